The molecule has 1 aromatic carbocycles. The monoisotopic (exact) mass is 307 g/mol. The van der Waals surface area contributed by atoms with Gasteiger partial charge in [0.1, 0.15) is 5.75 Å². The molecule has 0 saturated heterocycles. The number of carbonyl (C=O) groups is 1. The highest BCUT2D eigenvalue weighted by Gasteiger charge is 2.11. The van der Waals surface area contributed by atoms with Crippen LogP contribution in [0.15, 0.2) is 23.4 Å². The van der Waals surface area contributed by atoms with Gasteiger partial charge in [0.05, 0.1) is 18.6 Å². The Bertz CT molecular complexity index is 656. The van der Waals surface area contributed by atoms with Gasteiger partial charge in [-0.3, -0.25) is 9.36 Å². The maximum atomic E-state index is 12.0. The van der Waals surface area contributed by atoms with E-state index in [2.05, 4.69) is 15.5 Å². The topological polar surface area (TPSA) is 95.1 Å². The number of aromatic nitrogens is 3. The van der Waals surface area contributed by atoms with Gasteiger partial charge in [-0.15, -0.1) is 10.2 Å². The molecule has 1 heterocycles. The lowest BCUT2D eigenvalue weighted by molar-refractivity contribution is -0.113. The summed E-state index contributed by atoms with van der Waals surface area (Å²) in [5, 5.41) is 11.0. The first-order chi connectivity index (χ1) is 10.0. The summed E-state index contributed by atoms with van der Waals surface area (Å²) >= 11 is 1.27. The minimum Gasteiger partial charge on any atom is -0.495 e. The van der Waals surface area contributed by atoms with Gasteiger partial charge in [0.2, 0.25) is 11.9 Å². The molecule has 7 nitrogen and oxygen atoms in total. The number of aryl methyl sites for hydroxylation is 1. The van der Waals surface area contributed by atoms with Crippen molar-refractivity contribution in [2.45, 2.75) is 12.1 Å². The second kappa shape index (κ2) is 6.49. The van der Waals surface area contributed by atoms with Crippen LogP contribution in [0.3, 0.4) is 0 Å². The number of hydrogen-bond acceptors (Lipinski definition) is 6. The van der Waals surface area contributed by atoms with E-state index in [9.17, 15) is 4.79 Å². The number of nitrogens with two attached hydrogens (primary N) is 1. The zero-order valence-electron chi connectivity index (χ0n) is 12.1. The molecule has 0 spiro atoms. The van der Waals surface area contributed by atoms with Crippen molar-refractivity contribution in [1.29, 1.82) is 0 Å². The lowest BCUT2D eigenvalue weighted by atomic mass is 10.2. The molecule has 3 N–H and O–H groups in total. The zero-order valence-corrected chi connectivity index (χ0v) is 12.9. The lowest BCUT2D eigenvalue weighted by Crippen LogP contribution is -2.15. The number of methoxy groups -OCH3 is 1. The van der Waals surface area contributed by atoms with Gasteiger partial charge in [0.15, 0.2) is 5.16 Å². The SMILES string of the molecule is COc1ccc(C)cc1NC(=O)CSc1nnc(N)n1C. The molecule has 8 heteroatoms. The van der Waals surface area contributed by atoms with Crippen molar-refractivity contribution in [1.82, 2.24) is 14.8 Å². The fraction of sp³-hybridized carbons (Fsp3) is 0.308. The summed E-state index contributed by atoms with van der Waals surface area (Å²) in [7, 11) is 3.32. The van der Waals surface area contributed by atoms with E-state index in [0.717, 1.165) is 5.56 Å². The van der Waals surface area contributed by atoms with Crippen LogP contribution in [0.5, 0.6) is 5.75 Å². The van der Waals surface area contributed by atoms with Crippen molar-refractivity contribution in [2.75, 3.05) is 23.9 Å². The molecule has 112 valence electrons. The van der Waals surface area contributed by atoms with Gasteiger partial charge < -0.3 is 15.8 Å². The first-order valence-corrected chi connectivity index (χ1v) is 7.22. The Labute approximate surface area is 126 Å². The van der Waals surface area contributed by atoms with Crippen LogP contribution in [0.1, 0.15) is 5.56 Å². The number of ether oxygens (including phenoxy) is 1. The summed E-state index contributed by atoms with van der Waals surface area (Å²) in [4.78, 5) is 12.0. The normalized spacial score (nSPS) is 10.4. The van der Waals surface area contributed by atoms with Gasteiger partial charge in [-0.1, -0.05) is 17.8 Å². The quantitative estimate of drug-likeness (QED) is 0.812. The van der Waals surface area contributed by atoms with E-state index in [4.69, 9.17) is 10.5 Å². The van der Waals surface area contributed by atoms with Gasteiger partial charge in [-0.05, 0) is 24.6 Å². The van der Waals surface area contributed by atoms with E-state index >= 15 is 0 Å². The summed E-state index contributed by atoms with van der Waals surface area (Å²) in [6.07, 6.45) is 0. The molecular weight excluding hydrogens is 290 g/mol. The highest BCUT2D eigenvalue weighted by Crippen LogP contribution is 2.25. The number of nitrogens with zero attached hydrogens (tertiary/aromatic N) is 3. The number of rotatable bonds is 5. The third kappa shape index (κ3) is 3.66. The standard InChI is InChI=1S/C13H17N5O2S/c1-8-4-5-10(20-3)9(6-8)15-11(19)7-21-13-17-16-12(14)18(13)2/h4-6H,7H2,1-3H3,(H2,14,16)(H,15,19). The van der Waals surface area contributed by atoms with Crippen molar-refractivity contribution >= 4 is 29.3 Å². The molecule has 1 aromatic heterocycles. The van der Waals surface area contributed by atoms with Gasteiger partial charge in [0, 0.05) is 7.05 Å². The van der Waals surface area contributed by atoms with E-state index in [1.807, 2.05) is 25.1 Å². The number of thioether (sulfide) groups is 1. The van der Waals surface area contributed by atoms with Crippen molar-refractivity contribution in [3.63, 3.8) is 0 Å². The van der Waals surface area contributed by atoms with Crippen LogP contribution in [-0.4, -0.2) is 33.5 Å². The van der Waals surface area contributed by atoms with Gasteiger partial charge in [-0.25, -0.2) is 0 Å². The second-order valence-electron chi connectivity index (χ2n) is 4.44. The van der Waals surface area contributed by atoms with Crippen LogP contribution in [0.4, 0.5) is 11.6 Å². The van der Waals surface area contributed by atoms with E-state index in [1.165, 1.54) is 11.8 Å². The summed E-state index contributed by atoms with van der Waals surface area (Å²) in [5.74, 6) is 1.01. The Morgan fingerprint density at radius 1 is 1.48 bits per heavy atom. The number of hydrogen-bond donors (Lipinski definition) is 2. The summed E-state index contributed by atoms with van der Waals surface area (Å²) in [6, 6.07) is 5.61. The number of anilines is 2. The minimum absolute atomic E-state index is 0.148. The molecule has 1 amide bonds. The Hall–Kier alpha value is -2.22. The Morgan fingerprint density at radius 2 is 2.24 bits per heavy atom. The number of benzene rings is 1. The summed E-state index contributed by atoms with van der Waals surface area (Å²) in [6.45, 7) is 1.95. The van der Waals surface area contributed by atoms with Crippen molar-refractivity contribution < 1.29 is 9.53 Å². The minimum atomic E-state index is -0.148. The fourth-order valence-corrected chi connectivity index (χ4v) is 2.41. The molecule has 0 aliphatic heterocycles. The molecule has 21 heavy (non-hydrogen) atoms. The van der Waals surface area contributed by atoms with Crippen LogP contribution in [0.2, 0.25) is 0 Å². The number of carbonyl (C=O) groups excluding carboxylic acids is 1. The smallest absolute Gasteiger partial charge is 0.234 e. The molecule has 2 rings (SSSR count). The molecule has 0 radical (unpaired) electrons. The Balaban J connectivity index is 1.99. The van der Waals surface area contributed by atoms with Crippen LogP contribution in [0.25, 0.3) is 0 Å². The highest BCUT2D eigenvalue weighted by molar-refractivity contribution is 7.99. The zero-order chi connectivity index (χ0) is 15.4. The lowest BCUT2D eigenvalue weighted by Gasteiger charge is -2.10. The number of amides is 1. The molecule has 0 aliphatic carbocycles. The first kappa shape index (κ1) is 15.2. The molecule has 0 atom stereocenters. The second-order valence-corrected chi connectivity index (χ2v) is 5.38. The largest absolute Gasteiger partial charge is 0.495 e. The Morgan fingerprint density at radius 3 is 2.86 bits per heavy atom. The van der Waals surface area contributed by atoms with Crippen LogP contribution < -0.4 is 15.8 Å². The van der Waals surface area contributed by atoms with Crippen LogP contribution in [0, 0.1) is 6.92 Å². The van der Waals surface area contributed by atoms with Crippen LogP contribution in [-0.2, 0) is 11.8 Å². The van der Waals surface area contributed by atoms with Gasteiger partial charge in [-0.2, -0.15) is 0 Å². The van der Waals surface area contributed by atoms with Gasteiger partial charge >= 0.3 is 0 Å². The maximum Gasteiger partial charge on any atom is 0.234 e. The Kier molecular flexibility index (Phi) is 4.69. The highest BCUT2D eigenvalue weighted by atomic mass is 32.2. The van der Waals surface area contributed by atoms with Crippen LogP contribution >= 0.6 is 11.8 Å². The first-order valence-electron chi connectivity index (χ1n) is 6.23. The molecule has 0 bridgehead atoms. The third-order valence-corrected chi connectivity index (χ3v) is 3.85. The van der Waals surface area contributed by atoms with E-state index in [0.29, 0.717) is 22.5 Å². The summed E-state index contributed by atoms with van der Waals surface area (Å²) < 4.78 is 6.85. The van der Waals surface area contributed by atoms with Crippen molar-refractivity contribution in [3.05, 3.63) is 23.8 Å². The van der Waals surface area contributed by atoms with Gasteiger partial charge in [0.25, 0.3) is 0 Å². The molecule has 0 saturated carbocycles. The maximum absolute atomic E-state index is 12.0. The molecule has 0 unspecified atom stereocenters. The fourth-order valence-electron chi connectivity index (χ4n) is 1.69. The van der Waals surface area contributed by atoms with E-state index in [1.54, 1.807) is 18.7 Å². The molecular formula is C13H17N5O2S. The molecule has 0 aliphatic rings. The van der Waals surface area contributed by atoms with E-state index < -0.39 is 0 Å². The van der Waals surface area contributed by atoms with Crippen molar-refractivity contribution in [3.8, 4) is 5.75 Å². The third-order valence-electron chi connectivity index (χ3n) is 2.83. The predicted molar refractivity (Wildman–Crippen MR) is 82.5 cm³/mol. The number of nitrogens with one attached hydrogen (secondary N) is 1. The predicted octanol–water partition coefficient (Wildman–Crippen LogP) is 1.45. The average Bonchev–Trinajstić information content (AvgIpc) is 2.77. The van der Waals surface area contributed by atoms with E-state index in [-0.39, 0.29) is 11.7 Å². The summed E-state index contributed by atoms with van der Waals surface area (Å²) in [5.41, 5.74) is 7.28. The average molecular weight is 307 g/mol. The van der Waals surface area contributed by atoms with Crippen molar-refractivity contribution in [2.24, 2.45) is 7.05 Å². The molecule has 2 aromatic rings. The molecule has 0 fully saturated rings. The number of nitrogen functional groups attached to an aromatic ring is 1.